The van der Waals surface area contributed by atoms with Gasteiger partial charge < -0.3 is 27.1 Å². The summed E-state index contributed by atoms with van der Waals surface area (Å²) in [7, 11) is -4.12. The molecule has 13 nitrogen and oxygen atoms in total. The van der Waals surface area contributed by atoms with Gasteiger partial charge in [-0.2, -0.15) is 13.2 Å². The van der Waals surface area contributed by atoms with Crippen LogP contribution < -0.4 is 27.5 Å². The third-order valence-corrected chi connectivity index (χ3v) is 6.56. The minimum atomic E-state index is -5.08. The molecule has 8 N–H and O–H groups in total. The van der Waals surface area contributed by atoms with Gasteiger partial charge in [-0.05, 0) is 35.7 Å². The number of aromatic nitrogens is 1. The number of benzene rings is 2. The number of carbonyl (C=O) groups is 2. The van der Waals surface area contributed by atoms with E-state index in [1.165, 1.54) is 18.2 Å². The van der Waals surface area contributed by atoms with Crippen molar-refractivity contribution in [2.24, 2.45) is 22.4 Å². The summed E-state index contributed by atoms with van der Waals surface area (Å²) in [6.45, 7) is 1.49. The molecule has 0 radical (unpaired) electrons. The molecule has 40 heavy (non-hydrogen) atoms. The first kappa shape index (κ1) is 31.4. The molecule has 1 heterocycles. The summed E-state index contributed by atoms with van der Waals surface area (Å²) < 4.78 is 61.5. The Morgan fingerprint density at radius 2 is 1.68 bits per heavy atom. The maximum absolute atomic E-state index is 13.2. The van der Waals surface area contributed by atoms with Gasteiger partial charge in [0.05, 0.1) is 4.90 Å². The summed E-state index contributed by atoms with van der Waals surface area (Å²) in [6.07, 6.45) is -5.10. The summed E-state index contributed by atoms with van der Waals surface area (Å²) >= 11 is 0. The molecule has 0 aliphatic rings. The molecule has 2 aromatic carbocycles. The minimum Gasteiger partial charge on any atom is -0.475 e. The summed E-state index contributed by atoms with van der Waals surface area (Å²) in [5.41, 5.74) is 15.3. The van der Waals surface area contributed by atoms with Gasteiger partial charge in [0.25, 0.3) is 15.6 Å². The molecule has 0 aliphatic heterocycles. The fraction of sp³-hybridized carbons (Fsp3) is 0.217. The Morgan fingerprint density at radius 3 is 2.25 bits per heavy atom. The van der Waals surface area contributed by atoms with E-state index in [1.807, 2.05) is 0 Å². The van der Waals surface area contributed by atoms with Crippen LogP contribution in [0.2, 0.25) is 0 Å². The van der Waals surface area contributed by atoms with Crippen LogP contribution in [0.15, 0.2) is 69.4 Å². The second-order valence-corrected chi connectivity index (χ2v) is 9.66. The lowest BCUT2D eigenvalue weighted by Gasteiger charge is -2.20. The predicted molar refractivity (Wildman–Crippen MR) is 138 cm³/mol. The number of nitrogens with zero attached hydrogens (tertiary/aromatic N) is 2. The van der Waals surface area contributed by atoms with E-state index in [9.17, 15) is 31.2 Å². The SMILES string of the molecule is Cc1ccc(NS(=O)(=O)c2cccc3ccccc23)c(=O)n1C(CCON=C(N)N)C(N)=O.O=C(O)C(F)(F)F. The number of anilines is 1. The number of amides is 1. The molecule has 17 heteroatoms. The Morgan fingerprint density at radius 1 is 1.07 bits per heavy atom. The van der Waals surface area contributed by atoms with Crippen molar-refractivity contribution >= 4 is 44.3 Å². The monoisotopic (exact) mass is 586 g/mol. The third kappa shape index (κ3) is 8.10. The maximum atomic E-state index is 13.2. The van der Waals surface area contributed by atoms with Crippen LogP contribution in [0.4, 0.5) is 18.9 Å². The van der Waals surface area contributed by atoms with Crippen LogP contribution in [-0.2, 0) is 24.4 Å². The van der Waals surface area contributed by atoms with Crippen molar-refractivity contribution in [1.82, 2.24) is 4.57 Å². The molecule has 0 spiro atoms. The van der Waals surface area contributed by atoms with Gasteiger partial charge in [-0.15, -0.1) is 0 Å². The Kier molecular flexibility index (Phi) is 10.1. The number of carbonyl (C=O) groups excluding carboxylic acids is 1. The molecule has 1 amide bonds. The standard InChI is InChI=1S/C21H24N6O5S.C2HF3O2/c1-13-9-10-16(20(29)27(13)17(19(22)28)11-12-32-25-21(23)24)26-33(30,31)18-8-4-6-14-5-2-3-7-15(14)18;3-2(4,5)1(6)7/h2-10,17,26H,11-12H2,1H3,(H2,22,28)(H4,23,24,25);(H,6,7). The quantitative estimate of drug-likeness (QED) is 0.106. The zero-order chi connectivity index (χ0) is 30.3. The van der Waals surface area contributed by atoms with Gasteiger partial charge in [0, 0.05) is 17.5 Å². The maximum Gasteiger partial charge on any atom is 0.490 e. The highest BCUT2D eigenvalue weighted by Gasteiger charge is 2.38. The van der Waals surface area contributed by atoms with Crippen molar-refractivity contribution < 1.29 is 41.1 Å². The fourth-order valence-corrected chi connectivity index (χ4v) is 4.71. The summed E-state index contributed by atoms with van der Waals surface area (Å²) in [5.74, 6) is -3.86. The molecule has 0 aliphatic carbocycles. The van der Waals surface area contributed by atoms with Gasteiger partial charge in [-0.1, -0.05) is 36.4 Å². The first-order valence-electron chi connectivity index (χ1n) is 11.1. The van der Waals surface area contributed by atoms with Crippen LogP contribution in [0.3, 0.4) is 0 Å². The predicted octanol–water partition coefficient (Wildman–Crippen LogP) is 1.37. The fourth-order valence-electron chi connectivity index (χ4n) is 3.42. The van der Waals surface area contributed by atoms with Crippen LogP contribution in [-0.4, -0.2) is 48.7 Å². The van der Waals surface area contributed by atoms with Gasteiger partial charge in [-0.25, -0.2) is 13.2 Å². The summed E-state index contributed by atoms with van der Waals surface area (Å²) in [5, 5.41) is 11.7. The lowest BCUT2D eigenvalue weighted by Crippen LogP contribution is -2.37. The summed E-state index contributed by atoms with van der Waals surface area (Å²) in [6, 6.07) is 13.6. The van der Waals surface area contributed by atoms with E-state index in [0.717, 1.165) is 9.95 Å². The molecule has 0 saturated carbocycles. The van der Waals surface area contributed by atoms with Gasteiger partial charge in [0.1, 0.15) is 18.3 Å². The average Bonchev–Trinajstić information content (AvgIpc) is 2.86. The normalized spacial score (nSPS) is 12.0. The number of halogens is 3. The van der Waals surface area contributed by atoms with E-state index in [0.29, 0.717) is 11.1 Å². The highest BCUT2D eigenvalue weighted by atomic mass is 32.2. The van der Waals surface area contributed by atoms with E-state index in [2.05, 4.69) is 9.88 Å². The number of nitrogens with one attached hydrogen (secondary N) is 1. The number of primary amides is 1. The van der Waals surface area contributed by atoms with Gasteiger partial charge in [0.15, 0.2) is 0 Å². The molecule has 3 aromatic rings. The van der Waals surface area contributed by atoms with Crippen LogP contribution >= 0.6 is 0 Å². The number of pyridine rings is 1. The number of aliphatic carboxylic acids is 1. The number of hydrogen-bond acceptors (Lipinski definition) is 7. The Bertz CT molecular complexity index is 1580. The van der Waals surface area contributed by atoms with Gasteiger partial charge in [0.2, 0.25) is 11.9 Å². The summed E-state index contributed by atoms with van der Waals surface area (Å²) in [4.78, 5) is 39.1. The second-order valence-electron chi connectivity index (χ2n) is 8.01. The molecule has 3 rings (SSSR count). The van der Waals surface area contributed by atoms with E-state index in [4.69, 9.17) is 31.9 Å². The molecule has 0 saturated heterocycles. The Hall–Kier alpha value is -4.80. The number of carboxylic acid groups (broad SMARTS) is 1. The van der Waals surface area contributed by atoms with Gasteiger partial charge >= 0.3 is 12.1 Å². The largest absolute Gasteiger partial charge is 0.490 e. The Labute approximate surface area is 225 Å². The number of aryl methyl sites for hydroxylation is 1. The molecule has 216 valence electrons. The number of fused-ring (bicyclic) bond motifs is 1. The first-order valence-corrected chi connectivity index (χ1v) is 12.6. The van der Waals surface area contributed by atoms with Crippen LogP contribution in [0.1, 0.15) is 18.2 Å². The number of guanidine groups is 1. The van der Waals surface area contributed by atoms with E-state index in [-0.39, 0.29) is 29.6 Å². The third-order valence-electron chi connectivity index (χ3n) is 5.14. The molecule has 1 unspecified atom stereocenters. The smallest absolute Gasteiger partial charge is 0.475 e. The molecular formula is C23H25F3N6O7S. The van der Waals surface area contributed by atoms with Crippen molar-refractivity contribution in [2.45, 2.75) is 30.5 Å². The highest BCUT2D eigenvalue weighted by Crippen LogP contribution is 2.24. The van der Waals surface area contributed by atoms with Crippen molar-refractivity contribution in [3.63, 3.8) is 0 Å². The first-order chi connectivity index (χ1) is 18.6. The number of oxime groups is 1. The van der Waals surface area contributed by atoms with E-state index >= 15 is 0 Å². The van der Waals surface area contributed by atoms with Gasteiger partial charge in [-0.3, -0.25) is 18.9 Å². The van der Waals surface area contributed by atoms with E-state index in [1.54, 1.807) is 43.3 Å². The van der Waals surface area contributed by atoms with Crippen molar-refractivity contribution in [2.75, 3.05) is 11.3 Å². The number of alkyl halides is 3. The second kappa shape index (κ2) is 12.8. The number of rotatable bonds is 9. The van der Waals surface area contributed by atoms with Crippen LogP contribution in [0.25, 0.3) is 10.8 Å². The van der Waals surface area contributed by atoms with Crippen molar-refractivity contribution in [1.29, 1.82) is 0 Å². The molecular weight excluding hydrogens is 561 g/mol. The van der Waals surface area contributed by atoms with Crippen molar-refractivity contribution in [3.8, 4) is 0 Å². The van der Waals surface area contributed by atoms with Crippen LogP contribution in [0, 0.1) is 6.92 Å². The molecule has 0 bridgehead atoms. The number of carboxylic acids is 1. The number of hydrogen-bond donors (Lipinski definition) is 5. The average molecular weight is 587 g/mol. The highest BCUT2D eigenvalue weighted by molar-refractivity contribution is 7.93. The molecule has 0 fully saturated rings. The van der Waals surface area contributed by atoms with E-state index < -0.39 is 39.7 Å². The molecule has 1 aromatic heterocycles. The Balaban J connectivity index is 0.000000708. The number of sulfonamides is 1. The zero-order valence-electron chi connectivity index (χ0n) is 20.8. The van der Waals surface area contributed by atoms with Crippen molar-refractivity contribution in [3.05, 3.63) is 70.6 Å². The zero-order valence-corrected chi connectivity index (χ0v) is 21.6. The lowest BCUT2D eigenvalue weighted by atomic mass is 10.1. The molecule has 1 atom stereocenters. The topological polar surface area (TPSA) is 222 Å². The lowest BCUT2D eigenvalue weighted by molar-refractivity contribution is -0.192. The van der Waals surface area contributed by atoms with Crippen LogP contribution in [0.5, 0.6) is 0 Å². The number of nitrogens with two attached hydrogens (primary N) is 3. The minimum absolute atomic E-state index is 0.0178.